The Morgan fingerprint density at radius 2 is 2.00 bits per heavy atom. The minimum absolute atomic E-state index is 0. The number of halogens is 3. The van der Waals surface area contributed by atoms with Gasteiger partial charge in [-0.3, -0.25) is 4.98 Å². The Morgan fingerprint density at radius 3 is 2.76 bits per heavy atom. The first-order chi connectivity index (χ1) is 13.2. The summed E-state index contributed by atoms with van der Waals surface area (Å²) in [5, 5.41) is 7.34. The highest BCUT2D eigenvalue weighted by Gasteiger charge is 2.20. The van der Waals surface area contributed by atoms with Crippen LogP contribution in [0, 0.1) is 6.92 Å². The summed E-state index contributed by atoms with van der Waals surface area (Å²) >= 11 is 4.85. The number of hydrogen-bond donors (Lipinski definition) is 2. The van der Waals surface area contributed by atoms with Crippen molar-refractivity contribution in [3.05, 3.63) is 46.6 Å². The molecule has 0 spiro atoms. The second kappa shape index (κ2) is 11.0. The zero-order valence-corrected chi connectivity index (χ0v) is 19.6. The van der Waals surface area contributed by atoms with Crippen molar-refractivity contribution in [2.24, 2.45) is 0 Å². The Labute approximate surface area is 194 Å². The molecule has 4 rings (SSSR count). The number of nitrogens with zero attached hydrogens (tertiary/aromatic N) is 4. The third-order valence-corrected chi connectivity index (χ3v) is 5.62. The van der Waals surface area contributed by atoms with Crippen molar-refractivity contribution >= 4 is 63.2 Å². The second-order valence-electron chi connectivity index (χ2n) is 6.30. The van der Waals surface area contributed by atoms with E-state index < -0.39 is 0 Å². The predicted octanol–water partition coefficient (Wildman–Crippen LogP) is 5.25. The van der Waals surface area contributed by atoms with E-state index in [-0.39, 0.29) is 24.8 Å². The van der Waals surface area contributed by atoms with E-state index in [1.807, 2.05) is 25.1 Å². The van der Waals surface area contributed by atoms with Gasteiger partial charge in [0.25, 0.3) is 0 Å². The van der Waals surface area contributed by atoms with Crippen LogP contribution in [-0.2, 0) is 0 Å². The summed E-state index contributed by atoms with van der Waals surface area (Å²) in [5.41, 5.74) is 0.825. The Balaban J connectivity index is 0.00000150. The Morgan fingerprint density at radius 1 is 1.21 bits per heavy atom. The highest BCUT2D eigenvalue weighted by molar-refractivity contribution is 9.10. The first-order valence-corrected chi connectivity index (χ1v) is 10.3. The molecule has 11 heteroatoms. The molecular weight excluding hydrogens is 499 g/mol. The van der Waals surface area contributed by atoms with Gasteiger partial charge in [0.15, 0.2) is 0 Å². The van der Waals surface area contributed by atoms with Crippen molar-refractivity contribution in [1.29, 1.82) is 0 Å². The molecular formula is C18H21BrCl2N6OS. The molecule has 0 atom stereocenters. The minimum Gasteiger partial charge on any atom is -0.454 e. The topological polar surface area (TPSA) is 84.9 Å². The van der Waals surface area contributed by atoms with Gasteiger partial charge in [-0.2, -0.15) is 4.37 Å². The number of pyridine rings is 2. The van der Waals surface area contributed by atoms with Gasteiger partial charge in [-0.05, 0) is 60.9 Å². The van der Waals surface area contributed by atoms with Gasteiger partial charge in [0.05, 0.1) is 10.2 Å². The third kappa shape index (κ3) is 5.99. The fraction of sp³-hybridized carbons (Fsp3) is 0.333. The summed E-state index contributed by atoms with van der Waals surface area (Å²) in [6.45, 7) is 3.96. The molecule has 156 valence electrons. The summed E-state index contributed by atoms with van der Waals surface area (Å²) in [6, 6.07) is 5.57. The average molecular weight is 520 g/mol. The highest BCUT2D eigenvalue weighted by atomic mass is 79.9. The van der Waals surface area contributed by atoms with Crippen LogP contribution < -0.4 is 15.4 Å². The van der Waals surface area contributed by atoms with Crippen LogP contribution in [0.15, 0.2) is 35.1 Å². The van der Waals surface area contributed by atoms with E-state index in [1.165, 1.54) is 11.5 Å². The van der Waals surface area contributed by atoms with Crippen molar-refractivity contribution in [2.45, 2.75) is 25.7 Å². The highest BCUT2D eigenvalue weighted by Crippen LogP contribution is 2.33. The SMILES string of the molecule is Cc1ncccc1Oc1cc(Nc2nc(C3CCNCC3)ns2)ncc1Br.Cl.Cl. The summed E-state index contributed by atoms with van der Waals surface area (Å²) in [6.07, 6.45) is 5.61. The Hall–Kier alpha value is -1.52. The molecule has 3 aromatic heterocycles. The Bertz CT molecular complexity index is 938. The first kappa shape index (κ1) is 23.8. The van der Waals surface area contributed by atoms with E-state index >= 15 is 0 Å². The zero-order chi connectivity index (χ0) is 18.6. The van der Waals surface area contributed by atoms with E-state index in [1.54, 1.807) is 12.4 Å². The summed E-state index contributed by atoms with van der Waals surface area (Å²) < 4.78 is 11.3. The number of hydrogen-bond acceptors (Lipinski definition) is 8. The van der Waals surface area contributed by atoms with Gasteiger partial charge in [0.2, 0.25) is 5.13 Å². The Kier molecular flexibility index (Phi) is 9.04. The molecule has 0 aromatic carbocycles. The molecule has 2 N–H and O–H groups in total. The molecule has 3 aromatic rings. The van der Waals surface area contributed by atoms with E-state index in [2.05, 4.69) is 45.9 Å². The standard InChI is InChI=1S/C18H19BrN6OS.2ClH/c1-11-14(3-2-6-21-11)26-15-9-16(22-10-13(15)19)23-18-24-17(25-27-18)12-4-7-20-8-5-12;;/h2-3,6,9-10,12,20H,4-5,7-8H2,1H3,(H,22,23,24,25);2*1H. The molecule has 1 aliphatic rings. The fourth-order valence-electron chi connectivity index (χ4n) is 2.90. The maximum atomic E-state index is 5.99. The van der Waals surface area contributed by atoms with Crippen LogP contribution >= 0.6 is 52.3 Å². The van der Waals surface area contributed by atoms with Gasteiger partial charge < -0.3 is 15.4 Å². The van der Waals surface area contributed by atoms with Crippen LogP contribution in [0.2, 0.25) is 0 Å². The van der Waals surface area contributed by atoms with Gasteiger partial charge in [0.1, 0.15) is 23.1 Å². The number of rotatable bonds is 5. The molecule has 0 aliphatic carbocycles. The lowest BCUT2D eigenvalue weighted by Crippen LogP contribution is -2.27. The average Bonchev–Trinajstić information content (AvgIpc) is 3.15. The van der Waals surface area contributed by atoms with Gasteiger partial charge in [-0.15, -0.1) is 24.8 Å². The zero-order valence-electron chi connectivity index (χ0n) is 15.6. The summed E-state index contributed by atoms with van der Waals surface area (Å²) in [5.74, 6) is 3.38. The molecule has 4 heterocycles. The van der Waals surface area contributed by atoms with Gasteiger partial charge in [-0.1, -0.05) is 0 Å². The molecule has 7 nitrogen and oxygen atoms in total. The van der Waals surface area contributed by atoms with E-state index in [9.17, 15) is 0 Å². The van der Waals surface area contributed by atoms with Crippen molar-refractivity contribution in [1.82, 2.24) is 24.6 Å². The smallest absolute Gasteiger partial charge is 0.208 e. The number of aryl methyl sites for hydroxylation is 1. The quantitative estimate of drug-likeness (QED) is 0.476. The third-order valence-electron chi connectivity index (χ3n) is 4.38. The maximum absolute atomic E-state index is 5.99. The van der Waals surface area contributed by atoms with E-state index in [0.717, 1.165) is 47.1 Å². The largest absolute Gasteiger partial charge is 0.454 e. The first-order valence-electron chi connectivity index (χ1n) is 8.75. The van der Waals surface area contributed by atoms with Crippen LogP contribution in [0.3, 0.4) is 0 Å². The molecule has 29 heavy (non-hydrogen) atoms. The number of anilines is 2. The molecule has 1 aliphatic heterocycles. The van der Waals surface area contributed by atoms with Crippen molar-refractivity contribution < 1.29 is 4.74 Å². The van der Waals surface area contributed by atoms with Gasteiger partial charge in [-0.25, -0.2) is 9.97 Å². The molecule has 0 radical (unpaired) electrons. The van der Waals surface area contributed by atoms with Crippen molar-refractivity contribution in [2.75, 3.05) is 18.4 Å². The summed E-state index contributed by atoms with van der Waals surface area (Å²) in [4.78, 5) is 13.3. The number of nitrogens with one attached hydrogen (secondary N) is 2. The van der Waals surface area contributed by atoms with Crippen LogP contribution in [0.4, 0.5) is 10.9 Å². The lowest BCUT2D eigenvalue weighted by molar-refractivity contribution is 0.448. The van der Waals surface area contributed by atoms with Crippen LogP contribution in [-0.4, -0.2) is 32.4 Å². The predicted molar refractivity (Wildman–Crippen MR) is 124 cm³/mol. The van der Waals surface area contributed by atoms with Crippen LogP contribution in [0.1, 0.15) is 30.3 Å². The minimum atomic E-state index is 0. The van der Waals surface area contributed by atoms with E-state index in [0.29, 0.717) is 23.2 Å². The summed E-state index contributed by atoms with van der Waals surface area (Å²) in [7, 11) is 0. The fourth-order valence-corrected chi connectivity index (χ4v) is 3.86. The van der Waals surface area contributed by atoms with Crippen LogP contribution in [0.25, 0.3) is 0 Å². The van der Waals surface area contributed by atoms with Gasteiger partial charge >= 0.3 is 0 Å². The molecule has 0 bridgehead atoms. The monoisotopic (exact) mass is 518 g/mol. The molecule has 0 saturated carbocycles. The van der Waals surface area contributed by atoms with E-state index in [4.69, 9.17) is 4.74 Å². The molecule has 1 saturated heterocycles. The molecule has 1 fully saturated rings. The number of piperidine rings is 1. The normalized spacial score (nSPS) is 13.9. The number of aromatic nitrogens is 4. The van der Waals surface area contributed by atoms with Crippen LogP contribution in [0.5, 0.6) is 11.5 Å². The van der Waals surface area contributed by atoms with Crippen molar-refractivity contribution in [3.8, 4) is 11.5 Å². The second-order valence-corrected chi connectivity index (χ2v) is 7.90. The lowest BCUT2D eigenvalue weighted by Gasteiger charge is -2.19. The maximum Gasteiger partial charge on any atom is 0.208 e. The van der Waals surface area contributed by atoms with Gasteiger partial charge in [0, 0.05) is 35.9 Å². The number of ether oxygens (including phenoxy) is 1. The van der Waals surface area contributed by atoms with Crippen molar-refractivity contribution in [3.63, 3.8) is 0 Å². The lowest BCUT2D eigenvalue weighted by atomic mass is 9.98. The molecule has 0 amide bonds. The molecule has 0 unspecified atom stereocenters.